The average Bonchev–Trinajstić information content (AvgIpc) is 2.63. The lowest BCUT2D eigenvalue weighted by Crippen LogP contribution is -2.48. The highest BCUT2D eigenvalue weighted by atomic mass is 16.4. The van der Waals surface area contributed by atoms with E-state index in [1.165, 1.54) is 0 Å². The molecule has 0 aromatic heterocycles. The lowest BCUT2D eigenvalue weighted by molar-refractivity contribution is -0.145. The number of Topliss-reactive ketones (excluding diaryl/α,β-unsaturated/α-hetero) is 1. The highest BCUT2D eigenvalue weighted by Gasteiger charge is 2.32. The molecule has 0 aliphatic rings. The Kier molecular flexibility index (Phi) is 15.1. The molecule has 8 atom stereocenters. The number of hydrogen-bond acceptors (Lipinski definition) is 12. The molecule has 0 unspecified atom stereocenters. The number of ketones is 1. The zero-order chi connectivity index (χ0) is 21.0. The second kappa shape index (κ2) is 14.3. The lowest BCUT2D eigenvalue weighted by Gasteiger charge is -2.25. The van der Waals surface area contributed by atoms with Gasteiger partial charge in [0.2, 0.25) is 0 Å². The average molecular weight is 389 g/mol. The highest BCUT2D eigenvalue weighted by Crippen LogP contribution is 2.05. The van der Waals surface area contributed by atoms with Crippen LogP contribution in [0.5, 0.6) is 0 Å². The summed E-state index contributed by atoms with van der Waals surface area (Å²) in [6.07, 6.45) is -12.5. The van der Waals surface area contributed by atoms with E-state index in [0.29, 0.717) is 0 Å². The Morgan fingerprint density at radius 2 is 1.08 bits per heavy atom. The molecular weight excluding hydrogens is 358 g/mol. The van der Waals surface area contributed by atoms with Crippen molar-refractivity contribution >= 4 is 5.78 Å². The number of rotatable bonds is 11. The van der Waals surface area contributed by atoms with Crippen molar-refractivity contribution in [3.05, 3.63) is 0 Å². The topological polar surface area (TPSA) is 231 Å². The Morgan fingerprint density at radius 1 is 0.731 bits per heavy atom. The zero-order valence-electron chi connectivity index (χ0n) is 14.6. The smallest absolute Gasteiger partial charge is 0.160 e. The van der Waals surface area contributed by atoms with Crippen molar-refractivity contribution in [3.63, 3.8) is 0 Å². The first-order chi connectivity index (χ1) is 12.0. The van der Waals surface area contributed by atoms with Crippen LogP contribution < -0.4 is 5.32 Å². The summed E-state index contributed by atoms with van der Waals surface area (Å²) in [5, 5.41) is 91.8. The zero-order valence-corrected chi connectivity index (χ0v) is 14.6. The van der Waals surface area contributed by atoms with Crippen molar-refractivity contribution in [1.29, 1.82) is 0 Å². The molecule has 0 spiro atoms. The van der Waals surface area contributed by atoms with Crippen LogP contribution in [0.2, 0.25) is 0 Å². The lowest BCUT2D eigenvalue weighted by atomic mass is 10.0. The Bertz CT molecular complexity index is 373. The fourth-order valence-electron chi connectivity index (χ4n) is 1.66. The predicted octanol–water partition coefficient (Wildman–Crippen LogP) is -6.35. The van der Waals surface area contributed by atoms with Crippen LogP contribution in [-0.4, -0.2) is 132 Å². The molecule has 26 heavy (non-hydrogen) atoms. The molecule has 0 rings (SSSR count). The normalized spacial score (nSPS) is 20.6. The molecule has 0 heterocycles. The van der Waals surface area contributed by atoms with Crippen LogP contribution >= 0.6 is 0 Å². The second-order valence-corrected chi connectivity index (χ2v) is 5.64. The second-order valence-electron chi connectivity index (χ2n) is 5.64. The van der Waals surface area contributed by atoms with Gasteiger partial charge in [-0.05, 0) is 14.0 Å². The third kappa shape index (κ3) is 9.80. The van der Waals surface area contributed by atoms with E-state index in [9.17, 15) is 9.90 Å². The highest BCUT2D eigenvalue weighted by molar-refractivity contribution is 5.80. The maximum atomic E-state index is 10.5. The molecular formula is C14H31NO11. The molecule has 0 saturated heterocycles. The third-order valence-electron chi connectivity index (χ3n) is 3.41. The summed E-state index contributed by atoms with van der Waals surface area (Å²) in [4.78, 5) is 10.5. The van der Waals surface area contributed by atoms with Crippen molar-refractivity contribution in [2.45, 2.75) is 55.8 Å². The number of hydrogen-bond donors (Lipinski definition) is 11. The van der Waals surface area contributed by atoms with Gasteiger partial charge in [0.25, 0.3) is 0 Å². The van der Waals surface area contributed by atoms with Gasteiger partial charge in [-0.1, -0.05) is 0 Å². The molecule has 0 aliphatic carbocycles. The maximum Gasteiger partial charge on any atom is 0.160 e. The summed E-state index contributed by atoms with van der Waals surface area (Å²) < 4.78 is 0. The van der Waals surface area contributed by atoms with Crippen LogP contribution in [0, 0.1) is 0 Å². The van der Waals surface area contributed by atoms with E-state index in [1.807, 2.05) is 0 Å². The Hall–Kier alpha value is -0.770. The summed E-state index contributed by atoms with van der Waals surface area (Å²) in [5.41, 5.74) is 0. The van der Waals surface area contributed by atoms with Gasteiger partial charge in [-0.25, -0.2) is 0 Å². The molecule has 0 fully saturated rings. The Balaban J connectivity index is 0. The van der Waals surface area contributed by atoms with Gasteiger partial charge in [-0.3, -0.25) is 4.79 Å². The number of nitrogens with one attached hydrogen (secondary N) is 1. The summed E-state index contributed by atoms with van der Waals surface area (Å²) in [6, 6.07) is 0. The fourth-order valence-corrected chi connectivity index (χ4v) is 1.66. The Labute approximate surface area is 150 Å². The molecule has 0 amide bonds. The van der Waals surface area contributed by atoms with Gasteiger partial charge >= 0.3 is 0 Å². The molecule has 11 N–H and O–H groups in total. The SMILES string of the molecule is CC(=O)[C@H](O)[C@@H](O)[C@H](O)[C@H](O)CO.CNC[C@H](O)[C@@H](O)[C@H](O)[C@H](O)CO. The molecule has 158 valence electrons. The number of likely N-dealkylation sites (N-methyl/N-ethyl adjacent to an activating group) is 1. The van der Waals surface area contributed by atoms with Crippen molar-refractivity contribution < 1.29 is 55.9 Å². The van der Waals surface area contributed by atoms with E-state index < -0.39 is 67.8 Å². The maximum absolute atomic E-state index is 10.5. The standard InChI is InChI=1S/C7H17NO5.C7H14O6/c1-8-2-4(10)6(12)7(13)5(11)3-9;1-3(9)5(11)7(13)6(12)4(10)2-8/h4-13H,2-3H2,1H3;4-8,10-13H,2H2,1H3/t4-,5+,6+,7+;4-,5+,6-,7-/m01/s1. The monoisotopic (exact) mass is 389 g/mol. The van der Waals surface area contributed by atoms with Crippen LogP contribution in [0.25, 0.3) is 0 Å². The summed E-state index contributed by atoms with van der Waals surface area (Å²) >= 11 is 0. The van der Waals surface area contributed by atoms with Crippen LogP contribution in [-0.2, 0) is 4.79 Å². The number of aliphatic hydroxyl groups excluding tert-OH is 10. The molecule has 0 saturated carbocycles. The number of carbonyl (C=O) groups excluding carboxylic acids is 1. The first-order valence-electron chi connectivity index (χ1n) is 7.77. The summed E-state index contributed by atoms with van der Waals surface area (Å²) in [7, 11) is 1.57. The predicted molar refractivity (Wildman–Crippen MR) is 86.8 cm³/mol. The van der Waals surface area contributed by atoms with Crippen molar-refractivity contribution in [2.24, 2.45) is 0 Å². The molecule has 0 aliphatic heterocycles. The van der Waals surface area contributed by atoms with Crippen molar-refractivity contribution in [3.8, 4) is 0 Å². The molecule has 12 heteroatoms. The summed E-state index contributed by atoms with van der Waals surface area (Å²) in [5.74, 6) is -0.725. The van der Waals surface area contributed by atoms with Crippen molar-refractivity contribution in [1.82, 2.24) is 5.32 Å². The van der Waals surface area contributed by atoms with E-state index in [1.54, 1.807) is 7.05 Å². The van der Waals surface area contributed by atoms with E-state index in [2.05, 4.69) is 5.32 Å². The van der Waals surface area contributed by atoms with Gasteiger partial charge in [0, 0.05) is 6.54 Å². The summed E-state index contributed by atoms with van der Waals surface area (Å²) in [6.45, 7) is -0.296. The first kappa shape index (κ1) is 27.4. The van der Waals surface area contributed by atoms with Crippen LogP contribution in [0.3, 0.4) is 0 Å². The molecule has 0 aromatic rings. The fraction of sp³-hybridized carbons (Fsp3) is 0.929. The molecule has 0 radical (unpaired) electrons. The van der Waals surface area contributed by atoms with E-state index in [4.69, 9.17) is 46.0 Å². The van der Waals surface area contributed by atoms with Gasteiger partial charge < -0.3 is 56.4 Å². The van der Waals surface area contributed by atoms with Gasteiger partial charge in [0.1, 0.15) is 42.7 Å². The molecule has 0 aromatic carbocycles. The minimum Gasteiger partial charge on any atom is -0.394 e. The van der Waals surface area contributed by atoms with Crippen LogP contribution in [0.4, 0.5) is 0 Å². The third-order valence-corrected chi connectivity index (χ3v) is 3.41. The number of carbonyl (C=O) groups is 1. The first-order valence-corrected chi connectivity index (χ1v) is 7.77. The molecule has 12 nitrogen and oxygen atoms in total. The van der Waals surface area contributed by atoms with E-state index in [-0.39, 0.29) is 6.54 Å². The van der Waals surface area contributed by atoms with E-state index >= 15 is 0 Å². The minimum atomic E-state index is -1.79. The molecule has 0 bridgehead atoms. The van der Waals surface area contributed by atoms with E-state index in [0.717, 1.165) is 6.92 Å². The van der Waals surface area contributed by atoms with Gasteiger partial charge in [0.05, 0.1) is 19.3 Å². The quantitative estimate of drug-likeness (QED) is 0.158. The van der Waals surface area contributed by atoms with Crippen LogP contribution in [0.1, 0.15) is 6.92 Å². The Morgan fingerprint density at radius 3 is 1.38 bits per heavy atom. The van der Waals surface area contributed by atoms with Crippen molar-refractivity contribution in [2.75, 3.05) is 26.8 Å². The largest absolute Gasteiger partial charge is 0.394 e. The van der Waals surface area contributed by atoms with Gasteiger partial charge in [0.15, 0.2) is 5.78 Å². The number of aliphatic hydroxyl groups is 10. The minimum absolute atomic E-state index is 0.0936. The van der Waals surface area contributed by atoms with Gasteiger partial charge in [-0.15, -0.1) is 0 Å². The van der Waals surface area contributed by atoms with Crippen LogP contribution in [0.15, 0.2) is 0 Å². The van der Waals surface area contributed by atoms with Gasteiger partial charge in [-0.2, -0.15) is 0 Å².